The maximum Gasteiger partial charge on any atom is 0.241 e. The van der Waals surface area contributed by atoms with Crippen LogP contribution in [0.25, 0.3) is 0 Å². The first kappa shape index (κ1) is 14.1. The van der Waals surface area contributed by atoms with Crippen molar-refractivity contribution in [3.63, 3.8) is 0 Å². The van der Waals surface area contributed by atoms with E-state index in [-0.39, 0.29) is 18.0 Å². The lowest BCUT2D eigenvalue weighted by atomic mass is 10.4. The summed E-state index contributed by atoms with van der Waals surface area (Å²) in [6.07, 6.45) is 0.318. The highest BCUT2D eigenvalue weighted by molar-refractivity contribution is 7.89. The highest BCUT2D eigenvalue weighted by atomic mass is 32.2. The van der Waals surface area contributed by atoms with Crippen LogP contribution < -0.4 is 4.72 Å². The predicted octanol–water partition coefficient (Wildman–Crippen LogP) is 0.453. The lowest BCUT2D eigenvalue weighted by Gasteiger charge is -2.05. The number of aryl methyl sites for hydroxylation is 1. The summed E-state index contributed by atoms with van der Waals surface area (Å²) in [6, 6.07) is 1.47. The van der Waals surface area contributed by atoms with Crippen molar-refractivity contribution >= 4 is 21.4 Å². The van der Waals surface area contributed by atoms with Crippen molar-refractivity contribution in [2.45, 2.75) is 24.8 Å². The number of hydrogen-bond donors (Lipinski definition) is 2. The third-order valence-corrected chi connectivity index (χ3v) is 4.92. The number of sulfonamides is 1. The molecule has 2 N–H and O–H groups in total. The summed E-state index contributed by atoms with van der Waals surface area (Å²) in [5.74, 6) is 0.895. The van der Waals surface area contributed by atoms with Crippen molar-refractivity contribution in [3.05, 3.63) is 28.0 Å². The molecule has 0 unspecified atom stereocenters. The first-order valence-corrected chi connectivity index (χ1v) is 7.85. The van der Waals surface area contributed by atoms with Gasteiger partial charge in [0, 0.05) is 17.8 Å². The summed E-state index contributed by atoms with van der Waals surface area (Å²) in [5, 5.41) is 14.3. The van der Waals surface area contributed by atoms with Crippen molar-refractivity contribution in [3.8, 4) is 0 Å². The van der Waals surface area contributed by atoms with Crippen LogP contribution in [-0.2, 0) is 23.1 Å². The largest absolute Gasteiger partial charge is 0.391 e. The van der Waals surface area contributed by atoms with Gasteiger partial charge >= 0.3 is 0 Å². The molecule has 0 aliphatic carbocycles. The average molecular weight is 303 g/mol. The van der Waals surface area contributed by atoms with Gasteiger partial charge < -0.3 is 9.63 Å². The molecule has 7 nitrogen and oxygen atoms in total. The first-order valence-electron chi connectivity index (χ1n) is 5.49. The zero-order valence-electron chi connectivity index (χ0n) is 10.2. The van der Waals surface area contributed by atoms with Gasteiger partial charge in [-0.05, 0) is 18.4 Å². The summed E-state index contributed by atoms with van der Waals surface area (Å²) in [6.45, 7) is 1.55. The molecule has 0 aliphatic heterocycles. The second-order valence-corrected chi connectivity index (χ2v) is 6.49. The topological polar surface area (TPSA) is 105 Å². The number of thiophene rings is 1. The minimum Gasteiger partial charge on any atom is -0.391 e. The monoisotopic (exact) mass is 303 g/mol. The molecule has 0 aliphatic rings. The fourth-order valence-corrected chi connectivity index (χ4v) is 3.82. The van der Waals surface area contributed by atoms with E-state index in [1.165, 1.54) is 17.4 Å². The van der Waals surface area contributed by atoms with Gasteiger partial charge in [0.05, 0.1) is 11.5 Å². The molecule has 104 valence electrons. The highest BCUT2D eigenvalue weighted by Crippen LogP contribution is 2.21. The van der Waals surface area contributed by atoms with Gasteiger partial charge in [0.2, 0.25) is 15.9 Å². The fourth-order valence-electron chi connectivity index (χ4n) is 1.50. The lowest BCUT2D eigenvalue weighted by Crippen LogP contribution is -2.26. The SMILES string of the molecule is Cc1noc(CCNS(=O)(=O)c2ccsc2CO)n1. The molecule has 2 heterocycles. The number of aliphatic hydroxyl groups is 1. The number of rotatable bonds is 6. The molecule has 0 amide bonds. The Morgan fingerprint density at radius 2 is 2.32 bits per heavy atom. The molecule has 0 aromatic carbocycles. The lowest BCUT2D eigenvalue weighted by molar-refractivity contribution is 0.282. The number of nitrogens with zero attached hydrogens (tertiary/aromatic N) is 2. The van der Waals surface area contributed by atoms with E-state index in [4.69, 9.17) is 9.63 Å². The minimum atomic E-state index is -3.61. The summed E-state index contributed by atoms with van der Waals surface area (Å²) in [7, 11) is -3.61. The van der Waals surface area contributed by atoms with E-state index in [1.54, 1.807) is 12.3 Å². The molecular weight excluding hydrogens is 290 g/mol. The van der Waals surface area contributed by atoms with E-state index in [1.807, 2.05) is 0 Å². The second kappa shape index (κ2) is 5.78. The van der Waals surface area contributed by atoms with Gasteiger partial charge in [-0.2, -0.15) is 4.98 Å². The molecular formula is C10H13N3O4S2. The number of nitrogens with one attached hydrogen (secondary N) is 1. The van der Waals surface area contributed by atoms with Crippen LogP contribution >= 0.6 is 11.3 Å². The Bertz CT molecular complexity index is 647. The fraction of sp³-hybridized carbons (Fsp3) is 0.400. The third kappa shape index (κ3) is 3.38. The van der Waals surface area contributed by atoms with Crippen LogP contribution in [0.3, 0.4) is 0 Å². The zero-order valence-corrected chi connectivity index (χ0v) is 11.8. The van der Waals surface area contributed by atoms with Crippen LogP contribution in [-0.4, -0.2) is 30.2 Å². The highest BCUT2D eigenvalue weighted by Gasteiger charge is 2.19. The van der Waals surface area contributed by atoms with Gasteiger partial charge in [0.15, 0.2) is 5.82 Å². The molecule has 0 bridgehead atoms. The maximum absolute atomic E-state index is 12.0. The quantitative estimate of drug-likeness (QED) is 0.803. The molecule has 0 atom stereocenters. The van der Waals surface area contributed by atoms with Crippen molar-refractivity contribution < 1.29 is 18.0 Å². The van der Waals surface area contributed by atoms with E-state index in [0.717, 1.165) is 0 Å². The maximum atomic E-state index is 12.0. The normalized spacial score (nSPS) is 11.9. The van der Waals surface area contributed by atoms with E-state index in [2.05, 4.69) is 14.9 Å². The van der Waals surface area contributed by atoms with Crippen molar-refractivity contribution in [1.82, 2.24) is 14.9 Å². The van der Waals surface area contributed by atoms with Gasteiger partial charge in [0.1, 0.15) is 0 Å². The number of hydrogen-bond acceptors (Lipinski definition) is 7. The van der Waals surface area contributed by atoms with E-state index >= 15 is 0 Å². The standard InChI is InChI=1S/C10H13N3O4S2/c1-7-12-10(17-13-7)2-4-11-19(15,16)9-3-5-18-8(9)6-14/h3,5,11,14H,2,4,6H2,1H3. The molecule has 0 fully saturated rings. The van der Waals surface area contributed by atoms with Crippen LogP contribution in [0.1, 0.15) is 16.6 Å². The Morgan fingerprint density at radius 1 is 1.53 bits per heavy atom. The smallest absolute Gasteiger partial charge is 0.241 e. The van der Waals surface area contributed by atoms with Crippen LogP contribution in [0.4, 0.5) is 0 Å². The summed E-state index contributed by atoms with van der Waals surface area (Å²) in [4.78, 5) is 4.51. The first-order chi connectivity index (χ1) is 9.03. The number of aromatic nitrogens is 2. The van der Waals surface area contributed by atoms with Gasteiger partial charge in [0.25, 0.3) is 0 Å². The molecule has 0 saturated carbocycles. The van der Waals surface area contributed by atoms with Gasteiger partial charge in [-0.1, -0.05) is 5.16 Å². The molecule has 0 saturated heterocycles. The van der Waals surface area contributed by atoms with Crippen LogP contribution in [0.5, 0.6) is 0 Å². The Hall–Kier alpha value is -1.29. The summed E-state index contributed by atoms with van der Waals surface area (Å²) < 4.78 is 31.3. The van der Waals surface area contributed by atoms with Crippen molar-refractivity contribution in [2.75, 3.05) is 6.54 Å². The molecule has 2 aromatic heterocycles. The Kier molecular flexibility index (Phi) is 4.30. The van der Waals surface area contributed by atoms with Gasteiger partial charge in [-0.25, -0.2) is 13.1 Å². The molecule has 0 spiro atoms. The molecule has 2 rings (SSSR count). The zero-order chi connectivity index (χ0) is 13.9. The molecule has 2 aromatic rings. The number of aliphatic hydroxyl groups excluding tert-OH is 1. The van der Waals surface area contributed by atoms with Crippen LogP contribution in [0.15, 0.2) is 20.9 Å². The van der Waals surface area contributed by atoms with Crippen LogP contribution in [0.2, 0.25) is 0 Å². The summed E-state index contributed by atoms with van der Waals surface area (Å²) in [5.41, 5.74) is 0. The Balaban J connectivity index is 1.98. The van der Waals surface area contributed by atoms with E-state index in [9.17, 15) is 8.42 Å². The van der Waals surface area contributed by atoms with E-state index < -0.39 is 10.0 Å². The van der Waals surface area contributed by atoms with Crippen molar-refractivity contribution in [2.24, 2.45) is 0 Å². The second-order valence-electron chi connectivity index (χ2n) is 3.75. The van der Waals surface area contributed by atoms with Gasteiger partial charge in [-0.3, -0.25) is 0 Å². The molecule has 0 radical (unpaired) electrons. The van der Waals surface area contributed by atoms with E-state index in [0.29, 0.717) is 23.0 Å². The van der Waals surface area contributed by atoms with Gasteiger partial charge in [-0.15, -0.1) is 11.3 Å². The van der Waals surface area contributed by atoms with Crippen LogP contribution in [0, 0.1) is 6.92 Å². The summed E-state index contributed by atoms with van der Waals surface area (Å²) >= 11 is 1.20. The third-order valence-electron chi connectivity index (χ3n) is 2.34. The molecule has 19 heavy (non-hydrogen) atoms. The average Bonchev–Trinajstić information content (AvgIpc) is 2.97. The van der Waals surface area contributed by atoms with Crippen molar-refractivity contribution in [1.29, 1.82) is 0 Å². The predicted molar refractivity (Wildman–Crippen MR) is 68.2 cm³/mol. The Labute approximate surface area is 114 Å². The minimum absolute atomic E-state index is 0.113. The molecule has 9 heteroatoms. The Morgan fingerprint density at radius 3 is 2.95 bits per heavy atom.